The Morgan fingerprint density at radius 3 is 3.06 bits per heavy atom. The summed E-state index contributed by atoms with van der Waals surface area (Å²) in [4.78, 5) is 24.9. The second kappa shape index (κ2) is 5.05. The van der Waals surface area contributed by atoms with E-state index in [9.17, 15) is 14.7 Å². The van der Waals surface area contributed by atoms with E-state index in [1.807, 2.05) is 4.98 Å². The van der Waals surface area contributed by atoms with Crippen molar-refractivity contribution in [3.63, 3.8) is 0 Å². The number of nitrogens with zero attached hydrogens (tertiary/aromatic N) is 1. The Morgan fingerprint density at radius 1 is 1.67 bits per heavy atom. The van der Waals surface area contributed by atoms with E-state index in [2.05, 4.69) is 0 Å². The lowest BCUT2D eigenvalue weighted by Gasteiger charge is -2.20. The first-order valence-electron chi connectivity index (χ1n) is 7.06. The minimum Gasteiger partial charge on any atom is -0.388 e. The second-order valence-corrected chi connectivity index (χ2v) is 4.06. The van der Waals surface area contributed by atoms with E-state index in [4.69, 9.17) is 13.6 Å². The van der Waals surface area contributed by atoms with Crippen LogP contribution in [0.4, 0.5) is 0 Å². The SMILES string of the molecule is [2H]C([2H])([2H])O[C@@H]1[C@H](O)[C@@H](CC)O[C@H]1n1ccc(=O)[nH]c1=O. The fourth-order valence-electron chi connectivity index (χ4n) is 2.03. The van der Waals surface area contributed by atoms with E-state index in [1.165, 1.54) is 6.20 Å². The van der Waals surface area contributed by atoms with Gasteiger partial charge in [-0.1, -0.05) is 6.92 Å². The first-order chi connectivity index (χ1) is 9.73. The van der Waals surface area contributed by atoms with E-state index >= 15 is 0 Å². The predicted octanol–water partition coefficient (Wildman–Crippen LogP) is -0.780. The highest BCUT2D eigenvalue weighted by Gasteiger charge is 2.44. The molecule has 1 fully saturated rings. The molecule has 2 heterocycles. The maximum absolute atomic E-state index is 11.8. The van der Waals surface area contributed by atoms with Gasteiger partial charge in [0.05, 0.1) is 10.2 Å². The number of rotatable bonds is 3. The number of aromatic nitrogens is 2. The second-order valence-electron chi connectivity index (χ2n) is 4.06. The van der Waals surface area contributed by atoms with Gasteiger partial charge in [0.1, 0.15) is 12.2 Å². The summed E-state index contributed by atoms with van der Waals surface area (Å²) < 4.78 is 32.8. The van der Waals surface area contributed by atoms with Crippen molar-refractivity contribution in [2.75, 3.05) is 7.04 Å². The molecule has 2 rings (SSSR count). The number of aliphatic hydroxyl groups excluding tert-OH is 1. The zero-order valence-corrected chi connectivity index (χ0v) is 9.70. The topological polar surface area (TPSA) is 93.5 Å². The van der Waals surface area contributed by atoms with Crippen molar-refractivity contribution in [3.8, 4) is 0 Å². The summed E-state index contributed by atoms with van der Waals surface area (Å²) in [6.07, 6.45) is -2.65. The summed E-state index contributed by atoms with van der Waals surface area (Å²) in [7, 11) is -2.75. The van der Waals surface area contributed by atoms with Crippen LogP contribution in [0.5, 0.6) is 0 Å². The van der Waals surface area contributed by atoms with Crippen LogP contribution in [0.1, 0.15) is 23.7 Å². The Kier molecular flexibility index (Phi) is 2.66. The highest BCUT2D eigenvalue weighted by Crippen LogP contribution is 2.31. The fraction of sp³-hybridized carbons (Fsp3) is 0.636. The summed E-state index contributed by atoms with van der Waals surface area (Å²) in [6.45, 7) is 1.75. The van der Waals surface area contributed by atoms with Gasteiger partial charge in [0.2, 0.25) is 0 Å². The quantitative estimate of drug-likeness (QED) is 0.742. The molecule has 100 valence electrons. The Bertz CT molecular complexity index is 611. The van der Waals surface area contributed by atoms with Crippen molar-refractivity contribution in [2.45, 2.75) is 37.9 Å². The minimum absolute atomic E-state index is 0.413. The lowest BCUT2D eigenvalue weighted by molar-refractivity contribution is -0.0542. The summed E-state index contributed by atoms with van der Waals surface area (Å²) in [5.41, 5.74) is -1.36. The third-order valence-corrected chi connectivity index (χ3v) is 2.98. The van der Waals surface area contributed by atoms with Crippen molar-refractivity contribution in [3.05, 3.63) is 33.1 Å². The number of ether oxygens (including phenoxy) is 2. The average molecular weight is 259 g/mol. The number of H-pyrrole nitrogens is 1. The van der Waals surface area contributed by atoms with E-state index in [0.29, 0.717) is 6.42 Å². The molecule has 0 bridgehead atoms. The highest BCUT2D eigenvalue weighted by atomic mass is 16.6. The van der Waals surface area contributed by atoms with Gasteiger partial charge in [-0.25, -0.2) is 4.79 Å². The normalized spacial score (nSPS) is 34.9. The van der Waals surface area contributed by atoms with Crippen LogP contribution in [-0.4, -0.2) is 40.0 Å². The van der Waals surface area contributed by atoms with Crippen molar-refractivity contribution >= 4 is 0 Å². The first kappa shape index (κ1) is 9.48. The van der Waals surface area contributed by atoms with Crippen LogP contribution in [-0.2, 0) is 9.47 Å². The maximum atomic E-state index is 11.8. The van der Waals surface area contributed by atoms with E-state index in [0.717, 1.165) is 10.6 Å². The molecule has 0 aromatic carbocycles. The van der Waals surface area contributed by atoms with Crippen molar-refractivity contribution in [1.29, 1.82) is 0 Å². The van der Waals surface area contributed by atoms with Gasteiger partial charge < -0.3 is 14.6 Å². The molecule has 0 saturated carbocycles. The third kappa shape index (κ3) is 2.12. The molecule has 0 amide bonds. The van der Waals surface area contributed by atoms with Crippen LogP contribution in [0.25, 0.3) is 0 Å². The number of hydrogen-bond acceptors (Lipinski definition) is 5. The molecule has 7 heteroatoms. The highest BCUT2D eigenvalue weighted by molar-refractivity contribution is 4.93. The molecule has 1 aromatic rings. The Morgan fingerprint density at radius 2 is 2.44 bits per heavy atom. The first-order valence-corrected chi connectivity index (χ1v) is 5.56. The molecule has 0 aliphatic carbocycles. The van der Waals surface area contributed by atoms with Crippen molar-refractivity contribution in [1.82, 2.24) is 9.55 Å². The summed E-state index contributed by atoms with van der Waals surface area (Å²) >= 11 is 0. The van der Waals surface area contributed by atoms with E-state index in [-0.39, 0.29) is 0 Å². The monoisotopic (exact) mass is 259 g/mol. The molecular formula is C11H16N2O5. The molecule has 18 heavy (non-hydrogen) atoms. The predicted molar refractivity (Wildman–Crippen MR) is 62.3 cm³/mol. The molecular weight excluding hydrogens is 240 g/mol. The van der Waals surface area contributed by atoms with Gasteiger partial charge >= 0.3 is 5.69 Å². The maximum Gasteiger partial charge on any atom is 0.330 e. The van der Waals surface area contributed by atoms with Gasteiger partial charge in [-0.2, -0.15) is 0 Å². The molecule has 1 aromatic heterocycles. The summed E-state index contributed by atoms with van der Waals surface area (Å²) in [6, 6.07) is 1.10. The molecule has 0 radical (unpaired) electrons. The molecule has 0 spiro atoms. The smallest absolute Gasteiger partial charge is 0.330 e. The number of methoxy groups -OCH3 is 1. The average Bonchev–Trinajstić information content (AvgIpc) is 2.65. The Balaban J connectivity index is 2.38. The molecule has 1 saturated heterocycles. The van der Waals surface area contributed by atoms with E-state index < -0.39 is 42.8 Å². The number of hydrogen-bond donors (Lipinski definition) is 2. The summed E-state index contributed by atoms with van der Waals surface area (Å²) in [5, 5.41) is 10.1. The number of aliphatic hydroxyl groups is 1. The standard InChI is InChI=1S/C11H16N2O5/c1-3-6-8(15)9(17-2)10(18-6)13-5-4-7(14)12-11(13)16/h4-6,8-10,15H,3H2,1-2H3,(H,12,14,16)/t6-,8-,9-,10-/m1/s1/i2D3. The van der Waals surface area contributed by atoms with Gasteiger partial charge in [-0.15, -0.1) is 0 Å². The zero-order chi connectivity index (χ0) is 15.8. The minimum atomic E-state index is -2.75. The van der Waals surface area contributed by atoms with Crippen molar-refractivity contribution in [2.24, 2.45) is 0 Å². The Hall–Kier alpha value is -1.44. The van der Waals surface area contributed by atoms with Gasteiger partial charge in [0, 0.05) is 19.3 Å². The van der Waals surface area contributed by atoms with Gasteiger partial charge in [-0.3, -0.25) is 14.3 Å². The van der Waals surface area contributed by atoms with Crippen LogP contribution < -0.4 is 11.2 Å². The number of nitrogens with one attached hydrogen (secondary N) is 1. The van der Waals surface area contributed by atoms with Crippen LogP contribution in [0.3, 0.4) is 0 Å². The number of aromatic amines is 1. The van der Waals surface area contributed by atoms with Crippen LogP contribution in [0, 0.1) is 0 Å². The van der Waals surface area contributed by atoms with Gasteiger partial charge in [0.25, 0.3) is 5.56 Å². The van der Waals surface area contributed by atoms with E-state index in [1.54, 1.807) is 6.92 Å². The zero-order valence-electron chi connectivity index (χ0n) is 12.7. The van der Waals surface area contributed by atoms with Crippen LogP contribution in [0.2, 0.25) is 0 Å². The van der Waals surface area contributed by atoms with Crippen molar-refractivity contribution < 1.29 is 18.7 Å². The van der Waals surface area contributed by atoms with Crippen LogP contribution in [0.15, 0.2) is 21.9 Å². The van der Waals surface area contributed by atoms with Gasteiger partial charge in [-0.05, 0) is 6.42 Å². The molecule has 7 nitrogen and oxygen atoms in total. The molecule has 2 N–H and O–H groups in total. The summed E-state index contributed by atoms with van der Waals surface area (Å²) in [5.74, 6) is 0. The molecule has 0 unspecified atom stereocenters. The lowest BCUT2D eigenvalue weighted by Crippen LogP contribution is -2.38. The fourth-order valence-corrected chi connectivity index (χ4v) is 2.03. The molecule has 4 atom stereocenters. The Labute approximate surface area is 107 Å². The van der Waals surface area contributed by atoms with Gasteiger partial charge in [0.15, 0.2) is 6.23 Å². The molecule has 1 aliphatic heterocycles. The lowest BCUT2D eigenvalue weighted by atomic mass is 10.1. The molecule has 1 aliphatic rings. The van der Waals surface area contributed by atoms with Crippen LogP contribution >= 0.6 is 0 Å². The third-order valence-electron chi connectivity index (χ3n) is 2.98. The largest absolute Gasteiger partial charge is 0.388 e.